The molecule has 0 aliphatic heterocycles. The second kappa shape index (κ2) is 2.91. The zero-order valence-electron chi connectivity index (χ0n) is 8.53. The summed E-state index contributed by atoms with van der Waals surface area (Å²) in [6.45, 7) is 0. The molecule has 0 saturated heterocycles. The molecule has 4 rings (SSSR count). The Balaban J connectivity index is 2.51. The van der Waals surface area contributed by atoms with Gasteiger partial charge in [0.25, 0.3) is 0 Å². The highest BCUT2D eigenvalue weighted by atomic mass is 32.1. The third-order valence-electron chi connectivity index (χ3n) is 2.89. The Morgan fingerprint density at radius 1 is 1.12 bits per heavy atom. The fourth-order valence-corrected chi connectivity index (χ4v) is 4.24. The van der Waals surface area contributed by atoms with Gasteiger partial charge in [0.05, 0.1) is 25.4 Å². The van der Waals surface area contributed by atoms with Crippen molar-refractivity contribution in [2.75, 3.05) is 5.73 Å². The van der Waals surface area contributed by atoms with E-state index in [0.717, 1.165) is 31.5 Å². The normalized spacial score (nSPS) is 12.0. The first-order valence-electron chi connectivity index (χ1n) is 5.04. The van der Waals surface area contributed by atoms with Gasteiger partial charge in [-0.2, -0.15) is 0 Å². The molecule has 0 atom stereocenters. The fourth-order valence-electron chi connectivity index (χ4n) is 2.23. The first-order chi connectivity index (χ1) is 8.24. The number of nitrogens with one attached hydrogen (secondary N) is 2. The lowest BCUT2D eigenvalue weighted by Crippen LogP contribution is -1.99. The van der Waals surface area contributed by atoms with Crippen LogP contribution in [0.3, 0.4) is 0 Å². The Morgan fingerprint density at radius 2 is 1.88 bits per heavy atom. The quantitative estimate of drug-likeness (QED) is 0.455. The topological polar surface area (TPSA) is 74.7 Å². The van der Waals surface area contributed by atoms with E-state index in [9.17, 15) is 4.79 Å². The molecule has 4 N–H and O–H groups in total. The second-order valence-corrected chi connectivity index (χ2v) is 5.88. The molecule has 4 aromatic rings. The lowest BCUT2D eigenvalue weighted by molar-refractivity contribution is 1.22. The highest BCUT2D eigenvalue weighted by Gasteiger charge is 2.14. The van der Waals surface area contributed by atoms with Gasteiger partial charge in [-0.25, -0.2) is 4.79 Å². The molecule has 0 aliphatic carbocycles. The third-order valence-corrected chi connectivity index (χ3v) is 4.93. The maximum absolute atomic E-state index is 11.5. The van der Waals surface area contributed by atoms with E-state index in [-0.39, 0.29) is 5.69 Å². The molecule has 0 amide bonds. The number of thiophene rings is 2. The van der Waals surface area contributed by atoms with E-state index in [0.29, 0.717) is 0 Å². The molecular formula is C11H7N3OS2. The average Bonchev–Trinajstić information content (AvgIpc) is 2.91. The summed E-state index contributed by atoms with van der Waals surface area (Å²) in [6, 6.07) is 3.95. The maximum atomic E-state index is 11.5. The Morgan fingerprint density at radius 3 is 2.71 bits per heavy atom. The summed E-state index contributed by atoms with van der Waals surface area (Å²) in [5, 5.41) is 4.91. The maximum Gasteiger partial charge on any atom is 0.323 e. The van der Waals surface area contributed by atoms with Crippen LogP contribution in [-0.2, 0) is 0 Å². The number of aromatic nitrogens is 2. The number of hydrogen-bond acceptors (Lipinski definition) is 4. The molecule has 0 bridgehead atoms. The minimum Gasteiger partial charge on any atom is -0.391 e. The summed E-state index contributed by atoms with van der Waals surface area (Å²) >= 11 is 3.24. The number of imidazole rings is 1. The molecule has 3 heterocycles. The van der Waals surface area contributed by atoms with Crippen molar-refractivity contribution in [3.63, 3.8) is 0 Å². The zero-order valence-corrected chi connectivity index (χ0v) is 10.2. The lowest BCUT2D eigenvalue weighted by Gasteiger charge is -1.95. The zero-order chi connectivity index (χ0) is 11.6. The summed E-state index contributed by atoms with van der Waals surface area (Å²) in [6.07, 6.45) is 0. The van der Waals surface area contributed by atoms with Crippen LogP contribution in [0.15, 0.2) is 22.3 Å². The average molecular weight is 261 g/mol. The monoisotopic (exact) mass is 261 g/mol. The van der Waals surface area contributed by atoms with Crippen LogP contribution in [0.25, 0.3) is 31.2 Å². The van der Waals surface area contributed by atoms with Crippen LogP contribution in [0.1, 0.15) is 0 Å². The van der Waals surface area contributed by atoms with E-state index in [4.69, 9.17) is 5.73 Å². The predicted molar refractivity (Wildman–Crippen MR) is 74.1 cm³/mol. The summed E-state index contributed by atoms with van der Waals surface area (Å²) < 4.78 is 2.33. The van der Waals surface area contributed by atoms with E-state index < -0.39 is 0 Å². The van der Waals surface area contributed by atoms with Gasteiger partial charge in [0.2, 0.25) is 0 Å². The van der Waals surface area contributed by atoms with Crippen LogP contribution in [-0.4, -0.2) is 9.97 Å². The van der Waals surface area contributed by atoms with Crippen molar-refractivity contribution in [1.82, 2.24) is 9.97 Å². The number of nitrogens with two attached hydrogens (primary N) is 1. The lowest BCUT2D eigenvalue weighted by atomic mass is 10.2. The van der Waals surface area contributed by atoms with Crippen molar-refractivity contribution >= 4 is 58.9 Å². The number of nitrogen functional groups attached to an aromatic ring is 1. The molecule has 0 aliphatic rings. The van der Waals surface area contributed by atoms with Crippen molar-refractivity contribution < 1.29 is 0 Å². The van der Waals surface area contributed by atoms with Crippen molar-refractivity contribution in [3.05, 3.63) is 28.0 Å². The van der Waals surface area contributed by atoms with Crippen molar-refractivity contribution in [2.45, 2.75) is 0 Å². The molecule has 6 heteroatoms. The minimum atomic E-state index is -0.176. The highest BCUT2D eigenvalue weighted by molar-refractivity contribution is 7.28. The number of H-pyrrole nitrogens is 2. The largest absolute Gasteiger partial charge is 0.391 e. The molecule has 4 nitrogen and oxygen atoms in total. The van der Waals surface area contributed by atoms with Crippen molar-refractivity contribution in [2.24, 2.45) is 0 Å². The molecule has 0 radical (unpaired) electrons. The fraction of sp³-hybridized carbons (Fsp3) is 0. The van der Waals surface area contributed by atoms with Gasteiger partial charge in [0.15, 0.2) is 0 Å². The van der Waals surface area contributed by atoms with E-state index in [2.05, 4.69) is 9.97 Å². The van der Waals surface area contributed by atoms with Gasteiger partial charge >= 0.3 is 5.69 Å². The summed E-state index contributed by atoms with van der Waals surface area (Å²) in [5.41, 5.74) is 7.42. The highest BCUT2D eigenvalue weighted by Crippen LogP contribution is 2.41. The number of benzene rings is 1. The van der Waals surface area contributed by atoms with Gasteiger partial charge in [-0.05, 0) is 17.5 Å². The molecule has 0 saturated carbocycles. The van der Waals surface area contributed by atoms with E-state index >= 15 is 0 Å². The number of aromatic amines is 2. The summed E-state index contributed by atoms with van der Waals surface area (Å²) in [5.74, 6) is 0. The van der Waals surface area contributed by atoms with Gasteiger partial charge in [0.1, 0.15) is 0 Å². The van der Waals surface area contributed by atoms with Gasteiger partial charge in [-0.1, -0.05) is 0 Å². The Hall–Kier alpha value is -1.79. The van der Waals surface area contributed by atoms with Crippen LogP contribution in [0.5, 0.6) is 0 Å². The number of rotatable bonds is 0. The third kappa shape index (κ3) is 1.08. The van der Waals surface area contributed by atoms with Gasteiger partial charge in [-0.15, -0.1) is 22.7 Å². The summed E-state index contributed by atoms with van der Waals surface area (Å²) in [4.78, 5) is 17.2. The van der Waals surface area contributed by atoms with Crippen LogP contribution in [0.4, 0.5) is 5.00 Å². The number of anilines is 1. The smallest absolute Gasteiger partial charge is 0.323 e. The molecule has 3 aromatic heterocycles. The predicted octanol–water partition coefficient (Wildman–Crippen LogP) is 2.87. The van der Waals surface area contributed by atoms with Gasteiger partial charge in [0, 0.05) is 10.8 Å². The van der Waals surface area contributed by atoms with Gasteiger partial charge < -0.3 is 15.7 Å². The van der Waals surface area contributed by atoms with Crippen LogP contribution in [0.2, 0.25) is 0 Å². The molecule has 0 spiro atoms. The number of fused-ring (bicyclic) bond motifs is 6. The minimum absolute atomic E-state index is 0.176. The van der Waals surface area contributed by atoms with Crippen LogP contribution < -0.4 is 11.4 Å². The first-order valence-corrected chi connectivity index (χ1v) is 6.74. The van der Waals surface area contributed by atoms with E-state index in [1.165, 1.54) is 4.70 Å². The number of hydrogen-bond donors (Lipinski definition) is 3. The molecule has 0 fully saturated rings. The Labute approximate surface area is 103 Å². The van der Waals surface area contributed by atoms with E-state index in [1.807, 2.05) is 17.5 Å². The first kappa shape index (κ1) is 9.26. The molecule has 1 aromatic carbocycles. The molecule has 17 heavy (non-hydrogen) atoms. The molecule has 0 unspecified atom stereocenters. The molecular weight excluding hydrogens is 254 g/mol. The standard InChI is InChI=1S/C11H7N3OS2/c12-6-3-5-8-7(13-11(15)14-8)4-1-2-16-9(4)10(5)17-6/h1-3H,12H2,(H2,13,14,15). The van der Waals surface area contributed by atoms with E-state index in [1.54, 1.807) is 22.7 Å². The summed E-state index contributed by atoms with van der Waals surface area (Å²) in [7, 11) is 0. The van der Waals surface area contributed by atoms with Crippen molar-refractivity contribution in [3.8, 4) is 0 Å². The van der Waals surface area contributed by atoms with Crippen LogP contribution in [0, 0.1) is 0 Å². The van der Waals surface area contributed by atoms with Crippen LogP contribution >= 0.6 is 22.7 Å². The van der Waals surface area contributed by atoms with Crippen molar-refractivity contribution in [1.29, 1.82) is 0 Å². The Bertz CT molecular complexity index is 925. The SMILES string of the molecule is Nc1cc2c3[nH]c(=O)[nH]c3c3ccsc3c2s1. The second-order valence-electron chi connectivity index (χ2n) is 3.88. The molecule has 84 valence electrons. The Kier molecular flexibility index (Phi) is 1.58. The van der Waals surface area contributed by atoms with Gasteiger partial charge in [-0.3, -0.25) is 0 Å².